The Bertz CT molecular complexity index is 279. The number of rotatable bonds is 2. The second-order valence-corrected chi connectivity index (χ2v) is 3.55. The number of hydrogen-bond donors (Lipinski definition) is 1. The van der Waals surface area contributed by atoms with Crippen LogP contribution in [0, 0.1) is 0 Å². The second-order valence-electron chi connectivity index (χ2n) is 2.64. The molecule has 0 saturated carbocycles. The van der Waals surface area contributed by atoms with Crippen LogP contribution in [-0.4, -0.2) is 10.9 Å². The normalized spacial score (nSPS) is 11.7. The minimum absolute atomic E-state index is 0.698. The third-order valence-corrected chi connectivity index (χ3v) is 2.07. The molecule has 64 valence electrons. The zero-order valence-electron chi connectivity index (χ0n) is 6.79. The summed E-state index contributed by atoms with van der Waals surface area (Å²) in [6.45, 7) is 1.79. The van der Waals surface area contributed by atoms with Crippen molar-refractivity contribution < 1.29 is 5.21 Å². The zero-order valence-corrected chi connectivity index (χ0v) is 8.37. The van der Waals surface area contributed by atoms with Gasteiger partial charge in [0.2, 0.25) is 0 Å². The lowest BCUT2D eigenvalue weighted by molar-refractivity contribution is 0.317. The van der Waals surface area contributed by atoms with Crippen molar-refractivity contribution in [3.63, 3.8) is 0 Å². The Labute approximate surface area is 80.0 Å². The van der Waals surface area contributed by atoms with E-state index in [0.29, 0.717) is 6.42 Å². The molecule has 0 spiro atoms. The number of benzene rings is 1. The molecular weight excluding hydrogens is 218 g/mol. The van der Waals surface area contributed by atoms with E-state index in [1.807, 2.05) is 24.3 Å². The van der Waals surface area contributed by atoms with Gasteiger partial charge in [-0.3, -0.25) is 0 Å². The maximum Gasteiger partial charge on any atom is 0.0583 e. The Morgan fingerprint density at radius 2 is 2.00 bits per heavy atom. The van der Waals surface area contributed by atoms with Crippen LogP contribution < -0.4 is 0 Å². The fourth-order valence-electron chi connectivity index (χ4n) is 0.933. The molecule has 0 aliphatic carbocycles. The standard InChI is InChI=1S/C9H10BrNO/c1-7(11-12)6-8-2-4-9(10)5-3-8/h2-5,12H,6H2,1H3/b11-7+. The molecule has 0 aliphatic rings. The van der Waals surface area contributed by atoms with E-state index in [9.17, 15) is 0 Å². The van der Waals surface area contributed by atoms with E-state index in [0.717, 1.165) is 15.7 Å². The SMILES string of the molecule is C/C(Cc1ccc(Br)cc1)=N\O. The summed E-state index contributed by atoms with van der Waals surface area (Å²) in [4.78, 5) is 0. The van der Waals surface area contributed by atoms with Crippen LogP contribution in [-0.2, 0) is 6.42 Å². The third kappa shape index (κ3) is 2.66. The van der Waals surface area contributed by atoms with E-state index >= 15 is 0 Å². The molecule has 0 bridgehead atoms. The molecule has 0 amide bonds. The molecular formula is C9H10BrNO. The summed E-state index contributed by atoms with van der Waals surface area (Å²) in [5.74, 6) is 0. The summed E-state index contributed by atoms with van der Waals surface area (Å²) < 4.78 is 1.06. The van der Waals surface area contributed by atoms with E-state index in [1.165, 1.54) is 0 Å². The predicted octanol–water partition coefficient (Wildman–Crippen LogP) is 2.84. The van der Waals surface area contributed by atoms with Crippen LogP contribution in [0.4, 0.5) is 0 Å². The molecule has 1 aromatic carbocycles. The van der Waals surface area contributed by atoms with E-state index in [1.54, 1.807) is 6.92 Å². The van der Waals surface area contributed by atoms with Crippen LogP contribution in [0.2, 0.25) is 0 Å². The first kappa shape index (κ1) is 9.26. The average Bonchev–Trinajstić information content (AvgIpc) is 2.09. The summed E-state index contributed by atoms with van der Waals surface area (Å²) in [5.41, 5.74) is 1.87. The van der Waals surface area contributed by atoms with Crippen molar-refractivity contribution >= 4 is 21.6 Å². The van der Waals surface area contributed by atoms with Gasteiger partial charge in [-0.1, -0.05) is 33.2 Å². The highest BCUT2D eigenvalue weighted by Crippen LogP contribution is 2.11. The molecule has 1 rings (SSSR count). The first-order valence-corrected chi connectivity index (χ1v) is 4.43. The van der Waals surface area contributed by atoms with Gasteiger partial charge in [-0.15, -0.1) is 0 Å². The Kier molecular flexibility index (Phi) is 3.29. The van der Waals surface area contributed by atoms with Gasteiger partial charge in [0.1, 0.15) is 0 Å². The van der Waals surface area contributed by atoms with Gasteiger partial charge >= 0.3 is 0 Å². The van der Waals surface area contributed by atoms with Gasteiger partial charge in [0.05, 0.1) is 5.71 Å². The summed E-state index contributed by atoms with van der Waals surface area (Å²) >= 11 is 3.35. The highest BCUT2D eigenvalue weighted by Gasteiger charge is 1.95. The van der Waals surface area contributed by atoms with E-state index in [4.69, 9.17) is 5.21 Å². The largest absolute Gasteiger partial charge is 0.411 e. The van der Waals surface area contributed by atoms with Gasteiger partial charge in [-0.05, 0) is 24.6 Å². The molecule has 0 aliphatic heterocycles. The van der Waals surface area contributed by atoms with Gasteiger partial charge in [-0.25, -0.2) is 0 Å². The Morgan fingerprint density at radius 1 is 1.42 bits per heavy atom. The molecule has 0 saturated heterocycles. The van der Waals surface area contributed by atoms with Crippen molar-refractivity contribution in [2.24, 2.45) is 5.16 Å². The topological polar surface area (TPSA) is 32.6 Å². The first-order chi connectivity index (χ1) is 5.72. The van der Waals surface area contributed by atoms with Crippen LogP contribution in [0.3, 0.4) is 0 Å². The molecule has 0 unspecified atom stereocenters. The Balaban J connectivity index is 2.71. The van der Waals surface area contributed by atoms with Crippen molar-refractivity contribution in [3.05, 3.63) is 34.3 Å². The minimum Gasteiger partial charge on any atom is -0.411 e. The van der Waals surface area contributed by atoms with E-state index in [2.05, 4.69) is 21.1 Å². The first-order valence-electron chi connectivity index (χ1n) is 3.64. The molecule has 0 aromatic heterocycles. The number of oxime groups is 1. The fraction of sp³-hybridized carbons (Fsp3) is 0.222. The zero-order chi connectivity index (χ0) is 8.97. The van der Waals surface area contributed by atoms with Gasteiger partial charge in [-0.2, -0.15) is 0 Å². The molecule has 3 heteroatoms. The lowest BCUT2D eigenvalue weighted by Gasteiger charge is -1.98. The van der Waals surface area contributed by atoms with E-state index in [-0.39, 0.29) is 0 Å². The lowest BCUT2D eigenvalue weighted by atomic mass is 10.1. The smallest absolute Gasteiger partial charge is 0.0583 e. The maximum atomic E-state index is 8.43. The highest BCUT2D eigenvalue weighted by atomic mass is 79.9. The van der Waals surface area contributed by atoms with Crippen LogP contribution in [0.15, 0.2) is 33.9 Å². The van der Waals surface area contributed by atoms with Crippen LogP contribution >= 0.6 is 15.9 Å². The summed E-state index contributed by atoms with van der Waals surface area (Å²) in [6.07, 6.45) is 0.698. The quantitative estimate of drug-likeness (QED) is 0.471. The van der Waals surface area contributed by atoms with Crippen LogP contribution in [0.25, 0.3) is 0 Å². The highest BCUT2D eigenvalue weighted by molar-refractivity contribution is 9.10. The molecule has 0 heterocycles. The number of halogens is 1. The van der Waals surface area contributed by atoms with Gasteiger partial charge in [0, 0.05) is 10.9 Å². The van der Waals surface area contributed by atoms with Crippen LogP contribution in [0.5, 0.6) is 0 Å². The molecule has 12 heavy (non-hydrogen) atoms. The van der Waals surface area contributed by atoms with Crippen LogP contribution in [0.1, 0.15) is 12.5 Å². The molecule has 0 radical (unpaired) electrons. The van der Waals surface area contributed by atoms with Crippen molar-refractivity contribution in [1.82, 2.24) is 0 Å². The van der Waals surface area contributed by atoms with Crippen molar-refractivity contribution in [3.8, 4) is 0 Å². The van der Waals surface area contributed by atoms with Crippen molar-refractivity contribution in [2.75, 3.05) is 0 Å². The molecule has 1 aromatic rings. The number of hydrogen-bond acceptors (Lipinski definition) is 2. The molecule has 2 nitrogen and oxygen atoms in total. The van der Waals surface area contributed by atoms with Gasteiger partial charge < -0.3 is 5.21 Å². The Hall–Kier alpha value is -0.830. The summed E-state index contributed by atoms with van der Waals surface area (Å²) in [5, 5.41) is 11.5. The minimum atomic E-state index is 0.698. The Morgan fingerprint density at radius 3 is 2.50 bits per heavy atom. The van der Waals surface area contributed by atoms with Gasteiger partial charge in [0.25, 0.3) is 0 Å². The third-order valence-electron chi connectivity index (χ3n) is 1.54. The fourth-order valence-corrected chi connectivity index (χ4v) is 1.20. The molecule has 0 fully saturated rings. The monoisotopic (exact) mass is 227 g/mol. The van der Waals surface area contributed by atoms with Crippen molar-refractivity contribution in [2.45, 2.75) is 13.3 Å². The molecule has 1 N–H and O–H groups in total. The average molecular weight is 228 g/mol. The number of nitrogens with zero attached hydrogens (tertiary/aromatic N) is 1. The summed E-state index contributed by atoms with van der Waals surface area (Å²) in [6, 6.07) is 7.94. The second kappa shape index (κ2) is 4.26. The van der Waals surface area contributed by atoms with Gasteiger partial charge in [0.15, 0.2) is 0 Å². The maximum absolute atomic E-state index is 8.43. The molecule has 0 atom stereocenters. The lowest BCUT2D eigenvalue weighted by Crippen LogP contribution is -1.96. The van der Waals surface area contributed by atoms with Crippen molar-refractivity contribution in [1.29, 1.82) is 0 Å². The summed E-state index contributed by atoms with van der Waals surface area (Å²) in [7, 11) is 0. The van der Waals surface area contributed by atoms with E-state index < -0.39 is 0 Å². The predicted molar refractivity (Wildman–Crippen MR) is 52.7 cm³/mol.